The Balaban J connectivity index is 0.787. The highest BCUT2D eigenvalue weighted by Crippen LogP contribution is 2.43. The van der Waals surface area contributed by atoms with Gasteiger partial charge in [-0.1, -0.05) is 146 Å². The Labute approximate surface area is 487 Å². The summed E-state index contributed by atoms with van der Waals surface area (Å²) in [5.41, 5.74) is 23.2. The highest BCUT2D eigenvalue weighted by Gasteiger charge is 2.24. The van der Waals surface area contributed by atoms with Gasteiger partial charge in [-0.3, -0.25) is 14.1 Å². The number of hydrogen-bond acceptors (Lipinski definition) is 3. The summed E-state index contributed by atoms with van der Waals surface area (Å²) < 4.78 is 11.8. The Morgan fingerprint density at radius 2 is 0.588 bits per heavy atom. The highest BCUT2D eigenvalue weighted by molar-refractivity contribution is 6.14. The molecule has 0 atom stereocenters. The smallest absolute Gasteiger partial charge is 0.138 e. The monoisotopic (exact) mass is 1090 g/mol. The lowest BCUT2D eigenvalue weighted by atomic mass is 9.97. The fraction of sp³-hybridized carbons (Fsp3) is 0.0260. The van der Waals surface area contributed by atoms with Crippen LogP contribution >= 0.6 is 0 Å². The van der Waals surface area contributed by atoms with Crippen LogP contribution in [0.1, 0.15) is 11.1 Å². The molecule has 398 valence electrons. The van der Waals surface area contributed by atoms with Crippen molar-refractivity contribution >= 4 is 109 Å². The maximum Gasteiger partial charge on any atom is 0.138 e. The second-order valence-corrected chi connectivity index (χ2v) is 22.4. The van der Waals surface area contributed by atoms with E-state index in [1.807, 2.05) is 12.4 Å². The lowest BCUT2D eigenvalue weighted by molar-refractivity contribution is 1.09. The minimum absolute atomic E-state index is 0.813. The number of nitrogens with zero attached hydrogens (tertiary/aromatic N) is 8. The van der Waals surface area contributed by atoms with E-state index in [9.17, 15) is 0 Å². The van der Waals surface area contributed by atoms with Gasteiger partial charge < -0.3 is 13.7 Å². The van der Waals surface area contributed by atoms with Gasteiger partial charge in [0.05, 0.1) is 55.2 Å². The van der Waals surface area contributed by atoms with Crippen molar-refractivity contribution < 1.29 is 0 Å². The van der Waals surface area contributed by atoms with E-state index in [1.54, 1.807) is 0 Å². The molecular formula is C77H50N8. The molecule has 0 N–H and O–H groups in total. The molecule has 8 heteroatoms. The highest BCUT2D eigenvalue weighted by atomic mass is 15.1. The molecule has 0 fully saturated rings. The predicted molar refractivity (Wildman–Crippen MR) is 352 cm³/mol. The number of pyridine rings is 3. The second-order valence-electron chi connectivity index (χ2n) is 22.4. The first kappa shape index (κ1) is 47.3. The van der Waals surface area contributed by atoms with E-state index in [-0.39, 0.29) is 0 Å². The Hall–Kier alpha value is -11.4. The minimum atomic E-state index is 0.813. The zero-order valence-corrected chi connectivity index (χ0v) is 46.5. The lowest BCUT2D eigenvalue weighted by Gasteiger charge is -2.15. The van der Waals surface area contributed by atoms with Crippen molar-refractivity contribution in [3.8, 4) is 51.0 Å². The van der Waals surface area contributed by atoms with Crippen molar-refractivity contribution in [2.24, 2.45) is 0 Å². The molecule has 0 aliphatic rings. The Bertz CT molecular complexity index is 5380. The molecule has 8 aromatic heterocycles. The van der Waals surface area contributed by atoms with E-state index in [4.69, 9.17) is 9.97 Å². The minimum Gasteiger partial charge on any atom is -0.309 e. The topological polar surface area (TPSA) is 63.3 Å². The van der Waals surface area contributed by atoms with Gasteiger partial charge in [-0.05, 0) is 156 Å². The fourth-order valence-corrected chi connectivity index (χ4v) is 14.2. The zero-order chi connectivity index (χ0) is 56.0. The number of hydrogen-bond donors (Lipinski definition) is 0. The molecule has 0 aliphatic heterocycles. The van der Waals surface area contributed by atoms with E-state index in [0.29, 0.717) is 0 Å². The molecule has 0 radical (unpaired) electrons. The van der Waals surface area contributed by atoms with Gasteiger partial charge >= 0.3 is 0 Å². The van der Waals surface area contributed by atoms with Gasteiger partial charge in [-0.25, -0.2) is 9.97 Å². The summed E-state index contributed by atoms with van der Waals surface area (Å²) >= 11 is 0. The van der Waals surface area contributed by atoms with Crippen LogP contribution in [0, 0.1) is 13.8 Å². The molecule has 0 saturated carbocycles. The average molecular weight is 1090 g/mol. The summed E-state index contributed by atoms with van der Waals surface area (Å²) in [5.74, 6) is 1.64. The number of para-hydroxylation sites is 6. The molecule has 0 spiro atoms. The normalized spacial score (nSPS) is 12.1. The molecule has 8 nitrogen and oxygen atoms in total. The van der Waals surface area contributed by atoms with Gasteiger partial charge in [0.15, 0.2) is 0 Å². The van der Waals surface area contributed by atoms with Gasteiger partial charge in [-0.2, -0.15) is 0 Å². The van der Waals surface area contributed by atoms with Gasteiger partial charge in [0.2, 0.25) is 0 Å². The van der Waals surface area contributed by atoms with E-state index in [2.05, 4.69) is 296 Å². The number of aromatic nitrogens is 8. The zero-order valence-electron chi connectivity index (χ0n) is 46.5. The summed E-state index contributed by atoms with van der Waals surface area (Å²) in [5, 5.41) is 9.67. The molecule has 0 aliphatic carbocycles. The summed E-state index contributed by atoms with van der Waals surface area (Å²) in [7, 11) is 0. The third-order valence-electron chi connectivity index (χ3n) is 18.0. The van der Waals surface area contributed by atoms with Crippen molar-refractivity contribution in [2.45, 2.75) is 13.8 Å². The van der Waals surface area contributed by atoms with Crippen molar-refractivity contribution in [1.82, 2.24) is 37.8 Å². The number of benzene rings is 10. The van der Waals surface area contributed by atoms with E-state index >= 15 is 0 Å². The van der Waals surface area contributed by atoms with Crippen LogP contribution < -0.4 is 0 Å². The SMILES string of the molecule is Cc1c(-c2ccc3c(c2)c2ccccc2n3-c2ccc3c(n2)c2nc(-n4c5ccccc5c5cc(-c6cccc(-n7c8ccccc8c8ccccc87)c6C)ccc54)ccc2n3-c2ccncc2)cccc1-n1c2ccccc2c2ccccc21. The standard InChI is InChI=1S/C77H50N8/c1-47-52(23-15-31-62(47)82-64-25-9-3-17-54(64)55-18-4-10-26-65(55)82)49-33-35-70-60(45-49)58-21-7-13-29-68(58)84(70)74-39-37-72-76(79-74)77-73(81(72)51-41-43-78-44-42-51)38-40-75(80-77)85-69-30-14-8-22-59(69)61-46-50(34-36-71(61)85)53-24-16-32-63(48(53)2)83-66-27-11-5-19-56(66)57-20-6-12-28-67(57)83/h3-46H,1-2H3. The third kappa shape index (κ3) is 6.82. The lowest BCUT2D eigenvalue weighted by Crippen LogP contribution is -1.99. The van der Waals surface area contributed by atoms with Crippen LogP contribution in [-0.4, -0.2) is 37.8 Å². The Morgan fingerprint density at radius 3 is 0.976 bits per heavy atom. The molecule has 85 heavy (non-hydrogen) atoms. The molecule has 0 bridgehead atoms. The second kappa shape index (κ2) is 18.1. The van der Waals surface area contributed by atoms with Crippen LogP contribution in [0.4, 0.5) is 0 Å². The first-order valence-corrected chi connectivity index (χ1v) is 29.0. The molecule has 18 rings (SSSR count). The van der Waals surface area contributed by atoms with Gasteiger partial charge in [0.1, 0.15) is 22.7 Å². The van der Waals surface area contributed by atoms with Crippen LogP contribution in [0.25, 0.3) is 160 Å². The summed E-state index contributed by atoms with van der Waals surface area (Å²) in [6.45, 7) is 4.52. The van der Waals surface area contributed by atoms with E-state index < -0.39 is 0 Å². The first-order valence-electron chi connectivity index (χ1n) is 29.0. The van der Waals surface area contributed by atoms with Crippen molar-refractivity contribution in [1.29, 1.82) is 0 Å². The molecule has 10 aromatic carbocycles. The molecule has 0 unspecified atom stereocenters. The predicted octanol–water partition coefficient (Wildman–Crippen LogP) is 19.3. The molecule has 8 heterocycles. The molecule has 18 aromatic rings. The largest absolute Gasteiger partial charge is 0.309 e. The Kier molecular flexibility index (Phi) is 10.1. The van der Waals surface area contributed by atoms with E-state index in [1.165, 1.54) is 77.2 Å². The fourth-order valence-electron chi connectivity index (χ4n) is 14.2. The number of rotatable bonds is 7. The van der Waals surface area contributed by atoms with Crippen LogP contribution in [0.2, 0.25) is 0 Å². The number of fused-ring (bicyclic) bond motifs is 15. The molecule has 0 saturated heterocycles. The third-order valence-corrected chi connectivity index (χ3v) is 18.0. The van der Waals surface area contributed by atoms with Crippen LogP contribution in [0.3, 0.4) is 0 Å². The molecule has 0 amide bonds. The van der Waals surface area contributed by atoms with Crippen molar-refractivity contribution in [3.63, 3.8) is 0 Å². The quantitative estimate of drug-likeness (QED) is 0.160. The van der Waals surface area contributed by atoms with Crippen LogP contribution in [-0.2, 0) is 0 Å². The maximum absolute atomic E-state index is 5.69. The average Bonchev–Trinajstić information content (AvgIpc) is 1.99. The Morgan fingerprint density at radius 1 is 0.259 bits per heavy atom. The van der Waals surface area contributed by atoms with Gasteiger partial charge in [0, 0.05) is 72.5 Å². The van der Waals surface area contributed by atoms with Crippen molar-refractivity contribution in [3.05, 3.63) is 278 Å². The van der Waals surface area contributed by atoms with Gasteiger partial charge in [0.25, 0.3) is 0 Å². The van der Waals surface area contributed by atoms with Gasteiger partial charge in [-0.15, -0.1) is 0 Å². The summed E-state index contributed by atoms with van der Waals surface area (Å²) in [6.07, 6.45) is 3.69. The van der Waals surface area contributed by atoms with E-state index in [0.717, 1.165) is 94.1 Å². The summed E-state index contributed by atoms with van der Waals surface area (Å²) in [4.78, 5) is 15.8. The van der Waals surface area contributed by atoms with Crippen molar-refractivity contribution in [2.75, 3.05) is 0 Å². The molecular weight excluding hydrogens is 1040 g/mol. The first-order chi connectivity index (χ1) is 42.0. The van der Waals surface area contributed by atoms with Crippen LogP contribution in [0.5, 0.6) is 0 Å². The summed E-state index contributed by atoms with van der Waals surface area (Å²) in [6, 6.07) is 92.4. The maximum atomic E-state index is 5.69. The van der Waals surface area contributed by atoms with Crippen LogP contribution in [0.15, 0.2) is 267 Å².